The highest BCUT2D eigenvalue weighted by molar-refractivity contribution is 5.90. The average Bonchev–Trinajstić information content (AvgIpc) is 2.67. The molecule has 27 heavy (non-hydrogen) atoms. The number of halogens is 1. The molecule has 2 rings (SSSR count). The van der Waals surface area contributed by atoms with Gasteiger partial charge in [0, 0.05) is 18.7 Å². The summed E-state index contributed by atoms with van der Waals surface area (Å²) in [6.45, 7) is 4.47. The highest BCUT2D eigenvalue weighted by Gasteiger charge is 2.05. The van der Waals surface area contributed by atoms with Gasteiger partial charge in [-0.15, -0.1) is 0 Å². The van der Waals surface area contributed by atoms with E-state index in [4.69, 9.17) is 14.2 Å². The van der Waals surface area contributed by atoms with Gasteiger partial charge in [-0.1, -0.05) is 24.3 Å². The van der Waals surface area contributed by atoms with Crippen LogP contribution in [0.4, 0.5) is 10.1 Å². The molecular formula is C21H26FNO4. The summed E-state index contributed by atoms with van der Waals surface area (Å²) in [5, 5.41) is 2.85. The number of anilines is 1. The van der Waals surface area contributed by atoms with Crippen molar-refractivity contribution in [1.82, 2.24) is 0 Å². The fourth-order valence-electron chi connectivity index (χ4n) is 2.39. The van der Waals surface area contributed by atoms with Crippen molar-refractivity contribution in [2.45, 2.75) is 26.4 Å². The van der Waals surface area contributed by atoms with E-state index >= 15 is 0 Å². The first-order valence-electron chi connectivity index (χ1n) is 9.10. The SMILES string of the molecule is CCOCCOCc1cccc(NC(=O)CCCOc2ccccc2F)c1. The average molecular weight is 375 g/mol. The lowest BCUT2D eigenvalue weighted by atomic mass is 10.2. The monoisotopic (exact) mass is 375 g/mol. The minimum Gasteiger partial charge on any atom is -0.491 e. The van der Waals surface area contributed by atoms with Gasteiger partial charge in [0.2, 0.25) is 5.91 Å². The van der Waals surface area contributed by atoms with Gasteiger partial charge >= 0.3 is 0 Å². The van der Waals surface area contributed by atoms with Gasteiger partial charge < -0.3 is 19.5 Å². The molecule has 0 aliphatic rings. The van der Waals surface area contributed by atoms with Gasteiger partial charge in [0.25, 0.3) is 0 Å². The van der Waals surface area contributed by atoms with Crippen molar-refractivity contribution >= 4 is 11.6 Å². The zero-order valence-corrected chi connectivity index (χ0v) is 15.6. The number of amides is 1. The number of ether oxygens (including phenoxy) is 3. The second kappa shape index (κ2) is 12.0. The summed E-state index contributed by atoms with van der Waals surface area (Å²) in [4.78, 5) is 12.0. The molecule has 1 N–H and O–H groups in total. The summed E-state index contributed by atoms with van der Waals surface area (Å²) < 4.78 is 29.5. The van der Waals surface area contributed by atoms with Gasteiger partial charge in [-0.2, -0.15) is 0 Å². The van der Waals surface area contributed by atoms with E-state index in [2.05, 4.69) is 5.32 Å². The Morgan fingerprint density at radius 2 is 1.85 bits per heavy atom. The Labute approximate surface area is 159 Å². The second-order valence-corrected chi connectivity index (χ2v) is 5.88. The van der Waals surface area contributed by atoms with Crippen molar-refractivity contribution in [3.05, 3.63) is 59.9 Å². The molecule has 0 radical (unpaired) electrons. The third kappa shape index (κ3) is 8.19. The summed E-state index contributed by atoms with van der Waals surface area (Å²) in [5.74, 6) is -0.307. The van der Waals surface area contributed by atoms with Crippen LogP contribution in [0.15, 0.2) is 48.5 Å². The molecule has 1 amide bonds. The van der Waals surface area contributed by atoms with Crippen molar-refractivity contribution in [3.8, 4) is 5.75 Å². The number of hydrogen-bond donors (Lipinski definition) is 1. The molecule has 2 aromatic carbocycles. The van der Waals surface area contributed by atoms with E-state index in [1.54, 1.807) is 18.2 Å². The fraction of sp³-hybridized carbons (Fsp3) is 0.381. The predicted octanol–water partition coefficient (Wildman–Crippen LogP) is 4.18. The normalized spacial score (nSPS) is 10.6. The van der Waals surface area contributed by atoms with Gasteiger partial charge in [0.05, 0.1) is 26.4 Å². The summed E-state index contributed by atoms with van der Waals surface area (Å²) in [6.07, 6.45) is 0.796. The first kappa shape index (κ1) is 20.9. The molecule has 0 aliphatic carbocycles. The second-order valence-electron chi connectivity index (χ2n) is 5.88. The summed E-state index contributed by atoms with van der Waals surface area (Å²) in [5.41, 5.74) is 1.70. The van der Waals surface area contributed by atoms with Crippen molar-refractivity contribution in [2.24, 2.45) is 0 Å². The fourth-order valence-corrected chi connectivity index (χ4v) is 2.39. The number of nitrogens with one attached hydrogen (secondary N) is 1. The maximum Gasteiger partial charge on any atom is 0.224 e. The van der Waals surface area contributed by atoms with Gasteiger partial charge in [0.15, 0.2) is 11.6 Å². The molecule has 5 nitrogen and oxygen atoms in total. The number of para-hydroxylation sites is 1. The van der Waals surface area contributed by atoms with Crippen molar-refractivity contribution in [3.63, 3.8) is 0 Å². The lowest BCUT2D eigenvalue weighted by Crippen LogP contribution is -2.13. The van der Waals surface area contributed by atoms with E-state index in [1.165, 1.54) is 6.07 Å². The van der Waals surface area contributed by atoms with E-state index in [1.807, 2.05) is 31.2 Å². The van der Waals surface area contributed by atoms with Crippen LogP contribution < -0.4 is 10.1 Å². The molecule has 2 aromatic rings. The van der Waals surface area contributed by atoms with E-state index < -0.39 is 5.82 Å². The van der Waals surface area contributed by atoms with Crippen molar-refractivity contribution in [2.75, 3.05) is 31.7 Å². The highest BCUT2D eigenvalue weighted by atomic mass is 19.1. The number of rotatable bonds is 12. The van der Waals surface area contributed by atoms with Crippen LogP contribution in [0.25, 0.3) is 0 Å². The number of benzene rings is 2. The van der Waals surface area contributed by atoms with Crippen LogP contribution in [0.3, 0.4) is 0 Å². The van der Waals surface area contributed by atoms with Gasteiger partial charge in [-0.05, 0) is 43.2 Å². The first-order chi connectivity index (χ1) is 13.2. The molecule has 0 aliphatic heterocycles. The molecule has 0 bridgehead atoms. The summed E-state index contributed by atoms with van der Waals surface area (Å²) in [7, 11) is 0. The Balaban J connectivity index is 1.67. The van der Waals surface area contributed by atoms with Crippen LogP contribution in [-0.4, -0.2) is 32.3 Å². The van der Waals surface area contributed by atoms with Gasteiger partial charge in [-0.25, -0.2) is 4.39 Å². The van der Waals surface area contributed by atoms with E-state index in [0.717, 1.165) is 11.3 Å². The van der Waals surface area contributed by atoms with Crippen LogP contribution in [0, 0.1) is 5.82 Å². The Morgan fingerprint density at radius 3 is 2.67 bits per heavy atom. The maximum atomic E-state index is 13.4. The minimum atomic E-state index is -0.401. The maximum absolute atomic E-state index is 13.4. The molecule has 0 saturated carbocycles. The molecule has 0 aromatic heterocycles. The molecule has 0 fully saturated rings. The van der Waals surface area contributed by atoms with Crippen LogP contribution in [0.5, 0.6) is 5.75 Å². The van der Waals surface area contributed by atoms with Crippen LogP contribution in [0.2, 0.25) is 0 Å². The molecular weight excluding hydrogens is 349 g/mol. The standard InChI is InChI=1S/C21H26FNO4/c1-2-25-13-14-26-16-17-7-5-8-18(15-17)23-21(24)11-6-12-27-20-10-4-3-9-19(20)22/h3-5,7-10,15H,2,6,11-14,16H2,1H3,(H,23,24). The zero-order valence-electron chi connectivity index (χ0n) is 15.6. The lowest BCUT2D eigenvalue weighted by molar-refractivity contribution is -0.116. The topological polar surface area (TPSA) is 56.8 Å². The van der Waals surface area contributed by atoms with E-state index in [0.29, 0.717) is 39.3 Å². The molecule has 0 heterocycles. The molecule has 0 spiro atoms. The Bertz CT molecular complexity index is 708. The Kier molecular flexibility index (Phi) is 9.30. The Morgan fingerprint density at radius 1 is 1.04 bits per heavy atom. The molecule has 0 saturated heterocycles. The number of carbonyl (C=O) groups is 1. The Hall–Kier alpha value is -2.44. The van der Waals surface area contributed by atoms with Crippen molar-refractivity contribution in [1.29, 1.82) is 0 Å². The highest BCUT2D eigenvalue weighted by Crippen LogP contribution is 2.16. The summed E-state index contributed by atoms with van der Waals surface area (Å²) in [6, 6.07) is 13.8. The third-order valence-corrected chi connectivity index (χ3v) is 3.70. The number of hydrogen-bond acceptors (Lipinski definition) is 4. The smallest absolute Gasteiger partial charge is 0.224 e. The van der Waals surface area contributed by atoms with Crippen molar-refractivity contribution < 1.29 is 23.4 Å². The van der Waals surface area contributed by atoms with Gasteiger partial charge in [-0.3, -0.25) is 4.79 Å². The van der Waals surface area contributed by atoms with Crippen LogP contribution in [0.1, 0.15) is 25.3 Å². The van der Waals surface area contributed by atoms with E-state index in [9.17, 15) is 9.18 Å². The number of carbonyl (C=O) groups excluding carboxylic acids is 1. The van der Waals surface area contributed by atoms with Gasteiger partial charge in [0.1, 0.15) is 0 Å². The zero-order chi connectivity index (χ0) is 19.3. The molecule has 0 unspecified atom stereocenters. The molecule has 6 heteroatoms. The quantitative estimate of drug-likeness (QED) is 0.566. The summed E-state index contributed by atoms with van der Waals surface area (Å²) >= 11 is 0. The van der Waals surface area contributed by atoms with E-state index in [-0.39, 0.29) is 18.3 Å². The molecule has 146 valence electrons. The largest absolute Gasteiger partial charge is 0.491 e. The van der Waals surface area contributed by atoms with Crippen LogP contribution >= 0.6 is 0 Å². The first-order valence-corrected chi connectivity index (χ1v) is 9.10. The van der Waals surface area contributed by atoms with Crippen LogP contribution in [-0.2, 0) is 20.9 Å². The minimum absolute atomic E-state index is 0.110. The lowest BCUT2D eigenvalue weighted by Gasteiger charge is -2.09. The predicted molar refractivity (Wildman–Crippen MR) is 102 cm³/mol. The molecule has 0 atom stereocenters. The third-order valence-electron chi connectivity index (χ3n) is 3.70.